The van der Waals surface area contributed by atoms with E-state index in [4.69, 9.17) is 9.47 Å². The van der Waals surface area contributed by atoms with E-state index in [1.54, 1.807) is 6.20 Å². The molecule has 26 heavy (non-hydrogen) atoms. The predicted molar refractivity (Wildman–Crippen MR) is 98.7 cm³/mol. The first-order valence-corrected chi connectivity index (χ1v) is 9.27. The Morgan fingerprint density at radius 3 is 2.92 bits per heavy atom. The molecule has 0 saturated carbocycles. The Labute approximate surface area is 154 Å². The molecule has 1 fully saturated rings. The highest BCUT2D eigenvalue weighted by Crippen LogP contribution is 2.35. The van der Waals surface area contributed by atoms with Crippen LogP contribution >= 0.6 is 0 Å². The molecule has 1 unspecified atom stereocenters. The third kappa shape index (κ3) is 4.64. The van der Waals surface area contributed by atoms with Gasteiger partial charge in [0.1, 0.15) is 11.6 Å². The van der Waals surface area contributed by atoms with Crippen molar-refractivity contribution in [1.29, 1.82) is 0 Å². The van der Waals surface area contributed by atoms with Gasteiger partial charge >= 0.3 is 5.97 Å². The standard InChI is InChI=1S/C20H27N3O3/c1-2-25-19(24)20(10-14-26-17-7-4-3-5-8-17)9-6-13-23(16-20)15-18-21-11-12-22-18/h3-5,7-8,11-12H,2,6,9-10,13-16H2,1H3,(H,21,22). The molecular weight excluding hydrogens is 330 g/mol. The molecule has 6 nitrogen and oxygen atoms in total. The molecular formula is C20H27N3O3. The van der Waals surface area contributed by atoms with Gasteiger partial charge in [-0.25, -0.2) is 4.98 Å². The highest BCUT2D eigenvalue weighted by atomic mass is 16.5. The summed E-state index contributed by atoms with van der Waals surface area (Å²) < 4.78 is 11.3. The van der Waals surface area contributed by atoms with Crippen LogP contribution in [0.15, 0.2) is 42.7 Å². The Morgan fingerprint density at radius 1 is 1.35 bits per heavy atom. The second-order valence-corrected chi connectivity index (χ2v) is 6.76. The van der Waals surface area contributed by atoms with Crippen LogP contribution in [0.1, 0.15) is 32.0 Å². The molecule has 2 heterocycles. The number of esters is 1. The SMILES string of the molecule is CCOC(=O)C1(CCOc2ccccc2)CCCN(Cc2ncc[nH]2)C1. The fourth-order valence-corrected chi connectivity index (χ4v) is 3.60. The van der Waals surface area contributed by atoms with Gasteiger partial charge in [0, 0.05) is 18.9 Å². The number of piperidine rings is 1. The zero-order chi connectivity index (χ0) is 18.2. The number of carbonyl (C=O) groups excluding carboxylic acids is 1. The van der Waals surface area contributed by atoms with Crippen molar-refractivity contribution in [2.75, 3.05) is 26.3 Å². The van der Waals surface area contributed by atoms with Crippen molar-refractivity contribution >= 4 is 5.97 Å². The minimum Gasteiger partial charge on any atom is -0.494 e. The molecule has 2 aromatic rings. The predicted octanol–water partition coefficient (Wildman–Crippen LogP) is 3.02. The van der Waals surface area contributed by atoms with Gasteiger partial charge in [0.15, 0.2) is 0 Å². The zero-order valence-electron chi connectivity index (χ0n) is 15.3. The summed E-state index contributed by atoms with van der Waals surface area (Å²) in [6.07, 6.45) is 6.02. The lowest BCUT2D eigenvalue weighted by Gasteiger charge is -2.40. The van der Waals surface area contributed by atoms with Crippen LogP contribution in [-0.4, -0.2) is 47.1 Å². The van der Waals surface area contributed by atoms with Crippen LogP contribution in [0.25, 0.3) is 0 Å². The number of benzene rings is 1. The molecule has 0 spiro atoms. The average molecular weight is 357 g/mol. The third-order valence-corrected chi connectivity index (χ3v) is 4.89. The van der Waals surface area contributed by atoms with Gasteiger partial charge < -0.3 is 14.5 Å². The Hall–Kier alpha value is -2.34. The number of nitrogens with one attached hydrogen (secondary N) is 1. The molecule has 1 aromatic carbocycles. The van der Waals surface area contributed by atoms with Crippen LogP contribution in [0.2, 0.25) is 0 Å². The van der Waals surface area contributed by atoms with Crippen molar-refractivity contribution in [2.24, 2.45) is 5.41 Å². The smallest absolute Gasteiger partial charge is 0.313 e. The first-order chi connectivity index (χ1) is 12.7. The number of nitrogens with zero attached hydrogens (tertiary/aromatic N) is 2. The van der Waals surface area contributed by atoms with Crippen LogP contribution in [0, 0.1) is 5.41 Å². The Bertz CT molecular complexity index is 675. The maximum atomic E-state index is 12.8. The van der Waals surface area contributed by atoms with Crippen LogP contribution < -0.4 is 4.74 Å². The van der Waals surface area contributed by atoms with Gasteiger partial charge in [-0.2, -0.15) is 0 Å². The molecule has 0 bridgehead atoms. The van der Waals surface area contributed by atoms with E-state index in [0.29, 0.717) is 32.7 Å². The number of hydrogen-bond acceptors (Lipinski definition) is 5. The van der Waals surface area contributed by atoms with Crippen molar-refractivity contribution in [1.82, 2.24) is 14.9 Å². The van der Waals surface area contributed by atoms with Gasteiger partial charge in [0.25, 0.3) is 0 Å². The maximum absolute atomic E-state index is 12.8. The van der Waals surface area contributed by atoms with E-state index >= 15 is 0 Å². The highest BCUT2D eigenvalue weighted by Gasteiger charge is 2.43. The first-order valence-electron chi connectivity index (χ1n) is 9.27. The number of hydrogen-bond donors (Lipinski definition) is 1. The molecule has 1 N–H and O–H groups in total. The number of carbonyl (C=O) groups is 1. The molecule has 140 valence electrons. The van der Waals surface area contributed by atoms with Crippen molar-refractivity contribution in [3.05, 3.63) is 48.5 Å². The Balaban J connectivity index is 1.65. The van der Waals surface area contributed by atoms with Gasteiger partial charge in [0.05, 0.1) is 25.2 Å². The Morgan fingerprint density at radius 2 is 2.19 bits per heavy atom. The van der Waals surface area contributed by atoms with Gasteiger partial charge in [0.2, 0.25) is 0 Å². The number of aromatic nitrogens is 2. The quantitative estimate of drug-likeness (QED) is 0.736. The molecule has 0 radical (unpaired) electrons. The summed E-state index contributed by atoms with van der Waals surface area (Å²) in [4.78, 5) is 22.5. The topological polar surface area (TPSA) is 67.5 Å². The summed E-state index contributed by atoms with van der Waals surface area (Å²) >= 11 is 0. The number of likely N-dealkylation sites (tertiary alicyclic amines) is 1. The largest absolute Gasteiger partial charge is 0.494 e. The summed E-state index contributed by atoms with van der Waals surface area (Å²) in [6, 6.07) is 9.72. The number of ether oxygens (including phenoxy) is 2. The summed E-state index contributed by atoms with van der Waals surface area (Å²) in [6.45, 7) is 5.10. The van der Waals surface area contributed by atoms with Gasteiger partial charge in [-0.15, -0.1) is 0 Å². The van der Waals surface area contributed by atoms with Crippen LogP contribution in [0.3, 0.4) is 0 Å². The van der Waals surface area contributed by atoms with Gasteiger partial charge in [-0.1, -0.05) is 18.2 Å². The summed E-state index contributed by atoms with van der Waals surface area (Å²) in [5.74, 6) is 1.64. The molecule has 1 aliphatic heterocycles. The minimum atomic E-state index is -0.518. The monoisotopic (exact) mass is 357 g/mol. The lowest BCUT2D eigenvalue weighted by Crippen LogP contribution is -2.49. The second kappa shape index (κ2) is 8.85. The van der Waals surface area contributed by atoms with E-state index in [-0.39, 0.29) is 5.97 Å². The van der Waals surface area contributed by atoms with Crippen molar-refractivity contribution in [3.63, 3.8) is 0 Å². The van der Waals surface area contributed by atoms with Crippen LogP contribution in [0.5, 0.6) is 5.75 Å². The highest BCUT2D eigenvalue weighted by molar-refractivity contribution is 5.77. The maximum Gasteiger partial charge on any atom is 0.313 e. The Kier molecular flexibility index (Phi) is 6.28. The van der Waals surface area contributed by atoms with E-state index in [9.17, 15) is 4.79 Å². The van der Waals surface area contributed by atoms with Gasteiger partial charge in [-0.3, -0.25) is 9.69 Å². The van der Waals surface area contributed by atoms with E-state index < -0.39 is 5.41 Å². The van der Waals surface area contributed by atoms with Crippen LogP contribution in [0.4, 0.5) is 0 Å². The molecule has 1 saturated heterocycles. The first kappa shape index (κ1) is 18.5. The number of aromatic amines is 1. The van der Waals surface area contributed by atoms with Crippen molar-refractivity contribution in [2.45, 2.75) is 32.7 Å². The summed E-state index contributed by atoms with van der Waals surface area (Å²) in [5.41, 5.74) is -0.518. The molecule has 6 heteroatoms. The van der Waals surface area contributed by atoms with Crippen molar-refractivity contribution in [3.8, 4) is 5.75 Å². The van der Waals surface area contributed by atoms with Crippen LogP contribution in [-0.2, 0) is 16.1 Å². The number of para-hydroxylation sites is 1. The number of H-pyrrole nitrogens is 1. The molecule has 1 aromatic heterocycles. The summed E-state index contributed by atoms with van der Waals surface area (Å²) in [7, 11) is 0. The summed E-state index contributed by atoms with van der Waals surface area (Å²) in [5, 5.41) is 0. The number of imidazole rings is 1. The lowest BCUT2D eigenvalue weighted by atomic mass is 9.77. The number of rotatable bonds is 8. The van der Waals surface area contributed by atoms with E-state index in [0.717, 1.165) is 31.0 Å². The molecule has 0 aliphatic carbocycles. The lowest BCUT2D eigenvalue weighted by molar-refractivity contribution is -0.160. The molecule has 0 amide bonds. The molecule has 1 atom stereocenters. The average Bonchev–Trinajstić information content (AvgIpc) is 3.16. The molecule has 3 rings (SSSR count). The zero-order valence-corrected chi connectivity index (χ0v) is 15.3. The fraction of sp³-hybridized carbons (Fsp3) is 0.500. The molecule has 1 aliphatic rings. The van der Waals surface area contributed by atoms with E-state index in [1.807, 2.05) is 43.5 Å². The van der Waals surface area contributed by atoms with E-state index in [1.165, 1.54) is 0 Å². The van der Waals surface area contributed by atoms with E-state index in [2.05, 4.69) is 14.9 Å². The van der Waals surface area contributed by atoms with Gasteiger partial charge in [-0.05, 0) is 44.9 Å². The second-order valence-electron chi connectivity index (χ2n) is 6.76. The third-order valence-electron chi connectivity index (χ3n) is 4.89. The normalized spacial score (nSPS) is 20.7. The fourth-order valence-electron chi connectivity index (χ4n) is 3.60. The van der Waals surface area contributed by atoms with Crippen molar-refractivity contribution < 1.29 is 14.3 Å². The minimum absolute atomic E-state index is 0.110.